The van der Waals surface area contributed by atoms with E-state index in [-0.39, 0.29) is 17.8 Å². The Kier molecular flexibility index (Phi) is 4.48. The van der Waals surface area contributed by atoms with Gasteiger partial charge < -0.3 is 14.6 Å². The number of rotatable bonds is 5. The van der Waals surface area contributed by atoms with Crippen LogP contribution in [0.4, 0.5) is 0 Å². The van der Waals surface area contributed by atoms with Gasteiger partial charge in [-0.3, -0.25) is 0 Å². The van der Waals surface area contributed by atoms with Crippen LogP contribution in [0.5, 0.6) is 5.75 Å². The van der Waals surface area contributed by atoms with Gasteiger partial charge in [-0.05, 0) is 50.8 Å². The number of ether oxygens (including phenoxy) is 2. The van der Waals surface area contributed by atoms with Crippen molar-refractivity contribution in [2.24, 2.45) is 0 Å². The van der Waals surface area contributed by atoms with Crippen LogP contribution in [0, 0.1) is 0 Å². The maximum absolute atomic E-state index is 9.72. The molecule has 0 amide bonds. The highest BCUT2D eigenvalue weighted by Crippen LogP contribution is 2.29. The van der Waals surface area contributed by atoms with Gasteiger partial charge in [-0.15, -0.1) is 0 Å². The summed E-state index contributed by atoms with van der Waals surface area (Å²) < 4.78 is 11.6. The molecule has 2 rings (SSSR count). The van der Waals surface area contributed by atoms with E-state index in [2.05, 4.69) is 13.8 Å². The predicted molar refractivity (Wildman–Crippen MR) is 75.4 cm³/mol. The molecule has 0 aliphatic carbocycles. The van der Waals surface area contributed by atoms with Gasteiger partial charge in [-0.1, -0.05) is 19.1 Å². The molecule has 3 heteroatoms. The van der Waals surface area contributed by atoms with Crippen molar-refractivity contribution >= 4 is 0 Å². The van der Waals surface area contributed by atoms with Crippen LogP contribution in [0.2, 0.25) is 0 Å². The highest BCUT2D eigenvalue weighted by atomic mass is 16.6. The summed E-state index contributed by atoms with van der Waals surface area (Å²) in [4.78, 5) is 0. The average molecular weight is 264 g/mol. The van der Waals surface area contributed by atoms with Crippen LogP contribution in [0.15, 0.2) is 24.3 Å². The lowest BCUT2D eigenvalue weighted by Crippen LogP contribution is -2.23. The topological polar surface area (TPSA) is 38.7 Å². The maximum Gasteiger partial charge on any atom is 0.119 e. The van der Waals surface area contributed by atoms with Crippen LogP contribution in [0.1, 0.15) is 51.7 Å². The van der Waals surface area contributed by atoms with Crippen LogP contribution in [0.25, 0.3) is 0 Å². The minimum atomic E-state index is -0.381. The van der Waals surface area contributed by atoms with E-state index in [1.165, 1.54) is 0 Å². The van der Waals surface area contributed by atoms with E-state index in [1.54, 1.807) is 0 Å². The third kappa shape index (κ3) is 3.95. The summed E-state index contributed by atoms with van der Waals surface area (Å²) in [5.41, 5.74) is 0.927. The molecule has 2 atom stereocenters. The summed E-state index contributed by atoms with van der Waals surface area (Å²) in [5.74, 6) is 0.834. The number of hydrogen-bond donors (Lipinski definition) is 1. The Labute approximate surface area is 115 Å². The molecule has 1 heterocycles. The number of aliphatic hydroxyl groups is 1. The lowest BCUT2D eigenvalue weighted by molar-refractivity contribution is -0.0326. The Morgan fingerprint density at radius 1 is 1.37 bits per heavy atom. The zero-order chi connectivity index (χ0) is 13.9. The van der Waals surface area contributed by atoms with Crippen molar-refractivity contribution < 1.29 is 14.6 Å². The molecule has 0 aromatic heterocycles. The summed E-state index contributed by atoms with van der Waals surface area (Å²) in [6.45, 7) is 6.80. The fourth-order valence-corrected chi connectivity index (χ4v) is 2.41. The van der Waals surface area contributed by atoms with E-state index >= 15 is 0 Å². The van der Waals surface area contributed by atoms with Gasteiger partial charge in [0.25, 0.3) is 0 Å². The molecule has 1 saturated heterocycles. The van der Waals surface area contributed by atoms with E-state index in [1.807, 2.05) is 31.2 Å². The van der Waals surface area contributed by atoms with E-state index in [4.69, 9.17) is 9.47 Å². The van der Waals surface area contributed by atoms with E-state index in [9.17, 15) is 5.11 Å². The molecule has 106 valence electrons. The fourth-order valence-electron chi connectivity index (χ4n) is 2.41. The zero-order valence-electron chi connectivity index (χ0n) is 12.1. The van der Waals surface area contributed by atoms with Crippen molar-refractivity contribution in [1.82, 2.24) is 0 Å². The lowest BCUT2D eigenvalue weighted by atomic mass is 10.1. The number of aliphatic hydroxyl groups excluding tert-OH is 1. The molecule has 1 fully saturated rings. The van der Waals surface area contributed by atoms with Gasteiger partial charge in [-0.25, -0.2) is 0 Å². The molecule has 1 aromatic rings. The first-order valence-electron chi connectivity index (χ1n) is 7.09. The highest BCUT2D eigenvalue weighted by Gasteiger charge is 2.31. The second-order valence-corrected chi connectivity index (χ2v) is 5.84. The van der Waals surface area contributed by atoms with Gasteiger partial charge in [0.2, 0.25) is 0 Å². The zero-order valence-corrected chi connectivity index (χ0v) is 12.1. The van der Waals surface area contributed by atoms with Gasteiger partial charge in [0.1, 0.15) is 12.4 Å². The fraction of sp³-hybridized carbons (Fsp3) is 0.625. The first-order valence-corrected chi connectivity index (χ1v) is 7.09. The molecule has 1 aromatic carbocycles. The average Bonchev–Trinajstić information content (AvgIpc) is 2.76. The predicted octanol–water partition coefficient (Wildman–Crippen LogP) is 3.47. The largest absolute Gasteiger partial charge is 0.491 e. The van der Waals surface area contributed by atoms with Gasteiger partial charge in [0, 0.05) is 0 Å². The molecule has 1 unspecified atom stereocenters. The highest BCUT2D eigenvalue weighted by molar-refractivity contribution is 5.28. The third-order valence-electron chi connectivity index (χ3n) is 3.64. The summed E-state index contributed by atoms with van der Waals surface area (Å²) in [5, 5.41) is 9.72. The third-order valence-corrected chi connectivity index (χ3v) is 3.64. The molecule has 0 radical (unpaired) electrons. The SMILES string of the molecule is CC[C@@H](O)c1ccc(OCC2CCC(C)(C)O2)cc1. The molecule has 1 N–H and O–H groups in total. The normalized spacial score (nSPS) is 23.3. The van der Waals surface area contributed by atoms with E-state index < -0.39 is 0 Å². The summed E-state index contributed by atoms with van der Waals surface area (Å²) >= 11 is 0. The Balaban J connectivity index is 1.84. The lowest BCUT2D eigenvalue weighted by Gasteiger charge is -2.19. The van der Waals surface area contributed by atoms with Crippen LogP contribution in [0.3, 0.4) is 0 Å². The van der Waals surface area contributed by atoms with Crippen molar-refractivity contribution in [1.29, 1.82) is 0 Å². The molecule has 19 heavy (non-hydrogen) atoms. The quantitative estimate of drug-likeness (QED) is 0.885. The first-order chi connectivity index (χ1) is 9.00. The van der Waals surface area contributed by atoms with Crippen molar-refractivity contribution in [2.75, 3.05) is 6.61 Å². The van der Waals surface area contributed by atoms with Crippen molar-refractivity contribution in [3.8, 4) is 5.75 Å². The maximum atomic E-state index is 9.72. The van der Waals surface area contributed by atoms with Crippen LogP contribution >= 0.6 is 0 Å². The molecule has 0 saturated carbocycles. The number of hydrogen-bond acceptors (Lipinski definition) is 3. The molecule has 1 aliphatic heterocycles. The van der Waals surface area contributed by atoms with Crippen LogP contribution in [-0.2, 0) is 4.74 Å². The van der Waals surface area contributed by atoms with Gasteiger partial charge in [0.15, 0.2) is 0 Å². The monoisotopic (exact) mass is 264 g/mol. The Hall–Kier alpha value is -1.06. The molecular formula is C16H24O3. The molecule has 3 nitrogen and oxygen atoms in total. The number of benzene rings is 1. The van der Waals surface area contributed by atoms with Gasteiger partial charge >= 0.3 is 0 Å². The molecule has 0 spiro atoms. The second-order valence-electron chi connectivity index (χ2n) is 5.84. The minimum absolute atomic E-state index is 0.0108. The summed E-state index contributed by atoms with van der Waals surface area (Å²) in [7, 11) is 0. The first kappa shape index (κ1) is 14.4. The standard InChI is InChI=1S/C16H24O3/c1-4-15(17)12-5-7-13(8-6-12)18-11-14-9-10-16(2,3)19-14/h5-8,14-15,17H,4,9-11H2,1-3H3/t14?,15-/m1/s1. The van der Waals surface area contributed by atoms with E-state index in [0.29, 0.717) is 6.61 Å². The molecule has 0 bridgehead atoms. The summed E-state index contributed by atoms with van der Waals surface area (Å²) in [6, 6.07) is 7.66. The minimum Gasteiger partial charge on any atom is -0.491 e. The van der Waals surface area contributed by atoms with Gasteiger partial charge in [-0.2, -0.15) is 0 Å². The molecular weight excluding hydrogens is 240 g/mol. The molecule has 1 aliphatic rings. The van der Waals surface area contributed by atoms with Crippen molar-refractivity contribution in [3.05, 3.63) is 29.8 Å². The van der Waals surface area contributed by atoms with Crippen molar-refractivity contribution in [3.63, 3.8) is 0 Å². The Morgan fingerprint density at radius 3 is 2.58 bits per heavy atom. The summed E-state index contributed by atoms with van der Waals surface area (Å²) in [6.07, 6.45) is 2.68. The Bertz CT molecular complexity index is 397. The van der Waals surface area contributed by atoms with Crippen LogP contribution < -0.4 is 4.74 Å². The van der Waals surface area contributed by atoms with E-state index in [0.717, 1.165) is 30.6 Å². The Morgan fingerprint density at radius 2 is 2.05 bits per heavy atom. The van der Waals surface area contributed by atoms with Gasteiger partial charge in [0.05, 0.1) is 17.8 Å². The van der Waals surface area contributed by atoms with Crippen LogP contribution in [-0.4, -0.2) is 23.4 Å². The van der Waals surface area contributed by atoms with Crippen molar-refractivity contribution in [2.45, 2.75) is 57.8 Å². The second kappa shape index (κ2) is 5.93. The smallest absolute Gasteiger partial charge is 0.119 e.